The Bertz CT molecular complexity index is 716. The van der Waals surface area contributed by atoms with E-state index in [-0.39, 0.29) is 23.7 Å². The van der Waals surface area contributed by atoms with Crippen LogP contribution in [-0.4, -0.2) is 23.8 Å². The van der Waals surface area contributed by atoms with Crippen LogP contribution in [0, 0.1) is 0 Å². The third kappa shape index (κ3) is 5.12. The van der Waals surface area contributed by atoms with Gasteiger partial charge >= 0.3 is 0 Å². The Hall–Kier alpha value is -2.82. The van der Waals surface area contributed by atoms with E-state index in [9.17, 15) is 9.90 Å². The molecule has 0 heterocycles. The van der Waals surface area contributed by atoms with Crippen LogP contribution in [-0.2, 0) is 10.2 Å². The van der Waals surface area contributed by atoms with Crippen molar-refractivity contribution in [2.24, 2.45) is 5.10 Å². The van der Waals surface area contributed by atoms with Crippen LogP contribution in [0.5, 0.6) is 11.5 Å². The van der Waals surface area contributed by atoms with Crippen LogP contribution in [0.4, 0.5) is 0 Å². The fourth-order valence-electron chi connectivity index (χ4n) is 2.13. The topological polar surface area (TPSA) is 70.9 Å². The van der Waals surface area contributed by atoms with Crippen molar-refractivity contribution >= 4 is 12.1 Å². The largest absolute Gasteiger partial charge is 0.508 e. The number of carbonyl (C=O) groups is 1. The van der Waals surface area contributed by atoms with E-state index in [1.165, 1.54) is 6.21 Å². The molecule has 126 valence electrons. The Labute approximate surface area is 142 Å². The van der Waals surface area contributed by atoms with Crippen molar-refractivity contribution in [3.8, 4) is 11.5 Å². The smallest absolute Gasteiger partial charge is 0.277 e. The summed E-state index contributed by atoms with van der Waals surface area (Å²) in [7, 11) is 0. The van der Waals surface area contributed by atoms with Gasteiger partial charge in [-0.1, -0.05) is 39.0 Å². The van der Waals surface area contributed by atoms with Crippen LogP contribution >= 0.6 is 0 Å². The minimum atomic E-state index is -0.339. The van der Waals surface area contributed by atoms with Gasteiger partial charge in [-0.2, -0.15) is 5.10 Å². The van der Waals surface area contributed by atoms with Crippen LogP contribution < -0.4 is 10.2 Å². The number of hydrazone groups is 1. The molecule has 0 aromatic heterocycles. The molecule has 5 heteroatoms. The molecule has 5 nitrogen and oxygen atoms in total. The van der Waals surface area contributed by atoms with Gasteiger partial charge in [-0.3, -0.25) is 4.79 Å². The average Bonchev–Trinajstić information content (AvgIpc) is 2.54. The van der Waals surface area contributed by atoms with Crippen molar-refractivity contribution < 1.29 is 14.6 Å². The zero-order valence-electron chi connectivity index (χ0n) is 14.1. The molecular formula is C19H22N2O3. The van der Waals surface area contributed by atoms with Crippen molar-refractivity contribution in [1.82, 2.24) is 5.43 Å². The first-order valence-electron chi connectivity index (χ1n) is 7.69. The number of carbonyl (C=O) groups excluding carboxylic acids is 1. The summed E-state index contributed by atoms with van der Waals surface area (Å²) in [4.78, 5) is 11.8. The Morgan fingerprint density at radius 1 is 1.17 bits per heavy atom. The molecule has 0 saturated heterocycles. The van der Waals surface area contributed by atoms with E-state index in [0.717, 1.165) is 11.1 Å². The van der Waals surface area contributed by atoms with Crippen molar-refractivity contribution in [2.45, 2.75) is 26.2 Å². The summed E-state index contributed by atoms with van der Waals surface area (Å²) < 4.78 is 5.62. The van der Waals surface area contributed by atoms with Crippen LogP contribution in [0.25, 0.3) is 0 Å². The fraction of sp³-hybridized carbons (Fsp3) is 0.263. The van der Waals surface area contributed by atoms with Gasteiger partial charge in [0.1, 0.15) is 11.5 Å². The molecule has 0 aliphatic heterocycles. The number of para-hydroxylation sites is 1. The number of hydrogen-bond donors (Lipinski definition) is 2. The van der Waals surface area contributed by atoms with Gasteiger partial charge in [0.2, 0.25) is 0 Å². The predicted octanol–water partition coefficient (Wildman–Crippen LogP) is 3.22. The minimum absolute atomic E-state index is 0.0654. The van der Waals surface area contributed by atoms with Crippen LogP contribution in [0.3, 0.4) is 0 Å². The van der Waals surface area contributed by atoms with E-state index in [1.54, 1.807) is 24.3 Å². The van der Waals surface area contributed by atoms with E-state index in [0.29, 0.717) is 5.75 Å². The van der Waals surface area contributed by atoms with E-state index in [1.807, 2.05) is 24.3 Å². The molecule has 0 atom stereocenters. The number of benzene rings is 2. The van der Waals surface area contributed by atoms with E-state index >= 15 is 0 Å². The number of amides is 1. The van der Waals surface area contributed by atoms with Gasteiger partial charge in [0.15, 0.2) is 6.61 Å². The summed E-state index contributed by atoms with van der Waals surface area (Å²) in [6.45, 7) is 6.17. The number of nitrogens with one attached hydrogen (secondary N) is 1. The highest BCUT2D eigenvalue weighted by atomic mass is 16.5. The molecule has 2 rings (SSSR count). The molecule has 2 aromatic carbocycles. The maximum absolute atomic E-state index is 11.8. The first-order valence-corrected chi connectivity index (χ1v) is 7.69. The van der Waals surface area contributed by atoms with Crippen LogP contribution in [0.2, 0.25) is 0 Å². The van der Waals surface area contributed by atoms with Crippen LogP contribution in [0.15, 0.2) is 53.6 Å². The van der Waals surface area contributed by atoms with Crippen molar-refractivity contribution in [3.63, 3.8) is 0 Å². The number of phenols is 1. The molecule has 0 aliphatic rings. The second kappa shape index (κ2) is 7.64. The van der Waals surface area contributed by atoms with E-state index in [2.05, 4.69) is 31.3 Å². The molecule has 0 bridgehead atoms. The number of ether oxygens (including phenoxy) is 1. The Kier molecular flexibility index (Phi) is 5.58. The molecule has 1 amide bonds. The molecule has 0 radical (unpaired) electrons. The molecule has 2 N–H and O–H groups in total. The van der Waals surface area contributed by atoms with Crippen molar-refractivity contribution in [2.75, 3.05) is 6.61 Å². The Morgan fingerprint density at radius 2 is 1.83 bits per heavy atom. The van der Waals surface area contributed by atoms with Crippen molar-refractivity contribution in [1.29, 1.82) is 0 Å². The molecule has 0 aliphatic carbocycles. The molecule has 2 aromatic rings. The van der Waals surface area contributed by atoms with Gasteiger partial charge in [0.25, 0.3) is 5.91 Å². The second-order valence-corrected chi connectivity index (χ2v) is 6.42. The number of aromatic hydroxyl groups is 1. The molecule has 24 heavy (non-hydrogen) atoms. The average molecular weight is 326 g/mol. The fourth-order valence-corrected chi connectivity index (χ4v) is 2.13. The molecule has 0 unspecified atom stereocenters. The first-order chi connectivity index (χ1) is 11.4. The zero-order chi connectivity index (χ0) is 17.6. The summed E-state index contributed by atoms with van der Waals surface area (Å²) in [5.41, 5.74) is 4.17. The monoisotopic (exact) mass is 326 g/mol. The summed E-state index contributed by atoms with van der Waals surface area (Å²) in [5, 5.41) is 13.1. The van der Waals surface area contributed by atoms with Gasteiger partial charge in [-0.05, 0) is 46.9 Å². The van der Waals surface area contributed by atoms with E-state index in [4.69, 9.17) is 4.74 Å². The number of phenolic OH excluding ortho intramolecular Hbond substituents is 1. The zero-order valence-corrected chi connectivity index (χ0v) is 14.1. The Morgan fingerprint density at radius 3 is 2.50 bits per heavy atom. The third-order valence-corrected chi connectivity index (χ3v) is 3.35. The minimum Gasteiger partial charge on any atom is -0.508 e. The lowest BCUT2D eigenvalue weighted by Gasteiger charge is -2.22. The molecule has 0 spiro atoms. The summed E-state index contributed by atoms with van der Waals surface area (Å²) in [6.07, 6.45) is 1.50. The SMILES string of the molecule is CC(C)(C)c1ccccc1OCC(=O)N/N=C/c1ccc(O)cc1. The van der Waals surface area contributed by atoms with Gasteiger partial charge in [0.05, 0.1) is 6.21 Å². The highest BCUT2D eigenvalue weighted by molar-refractivity contribution is 5.83. The second-order valence-electron chi connectivity index (χ2n) is 6.42. The van der Waals surface area contributed by atoms with Gasteiger partial charge < -0.3 is 9.84 Å². The summed E-state index contributed by atoms with van der Waals surface area (Å²) in [5.74, 6) is 0.540. The lowest BCUT2D eigenvalue weighted by molar-refractivity contribution is -0.123. The maximum atomic E-state index is 11.8. The highest BCUT2D eigenvalue weighted by Crippen LogP contribution is 2.30. The normalized spacial score (nSPS) is 11.5. The summed E-state index contributed by atoms with van der Waals surface area (Å²) >= 11 is 0. The lowest BCUT2D eigenvalue weighted by Crippen LogP contribution is -2.25. The van der Waals surface area contributed by atoms with Crippen molar-refractivity contribution in [3.05, 3.63) is 59.7 Å². The number of nitrogens with zero attached hydrogens (tertiary/aromatic N) is 1. The molecule has 0 fully saturated rings. The first kappa shape index (κ1) is 17.5. The highest BCUT2D eigenvalue weighted by Gasteiger charge is 2.18. The molecule has 0 saturated carbocycles. The Balaban J connectivity index is 1.89. The third-order valence-electron chi connectivity index (χ3n) is 3.35. The van der Waals surface area contributed by atoms with E-state index < -0.39 is 0 Å². The van der Waals surface area contributed by atoms with Gasteiger partial charge in [0, 0.05) is 0 Å². The number of rotatable bonds is 5. The predicted molar refractivity (Wildman–Crippen MR) is 94.5 cm³/mol. The van der Waals surface area contributed by atoms with Crippen LogP contribution in [0.1, 0.15) is 31.9 Å². The quantitative estimate of drug-likeness (QED) is 0.654. The maximum Gasteiger partial charge on any atom is 0.277 e. The summed E-state index contributed by atoms with van der Waals surface area (Å²) in [6, 6.07) is 14.2. The lowest BCUT2D eigenvalue weighted by atomic mass is 9.86. The van der Waals surface area contributed by atoms with Gasteiger partial charge in [-0.25, -0.2) is 5.43 Å². The standard InChI is InChI=1S/C19H22N2O3/c1-19(2,3)16-6-4-5-7-17(16)24-13-18(23)21-20-12-14-8-10-15(22)11-9-14/h4-12,22H,13H2,1-3H3,(H,21,23)/b20-12+. The van der Waals surface area contributed by atoms with Gasteiger partial charge in [-0.15, -0.1) is 0 Å². The number of hydrogen-bond acceptors (Lipinski definition) is 4. The molecular weight excluding hydrogens is 304 g/mol.